The summed E-state index contributed by atoms with van der Waals surface area (Å²) in [5, 5.41) is 0. The van der Waals surface area contributed by atoms with Crippen LogP contribution in [0.25, 0.3) is 0 Å². The lowest BCUT2D eigenvalue weighted by Gasteiger charge is -1.91. The monoisotopic (exact) mass is 186 g/mol. The normalized spacial score (nSPS) is 8.93. The van der Waals surface area contributed by atoms with E-state index in [4.69, 9.17) is 0 Å². The van der Waals surface area contributed by atoms with Gasteiger partial charge in [-0.25, -0.2) is 0 Å². The maximum absolute atomic E-state index is 3.66. The molecule has 0 heterocycles. The quantitative estimate of drug-likeness (QED) is 0.491. The Kier molecular flexibility index (Phi) is 8.47. The molecule has 1 rings (SSSR count). The summed E-state index contributed by atoms with van der Waals surface area (Å²) in [5.74, 6) is 0. The number of rotatable bonds is 3. The summed E-state index contributed by atoms with van der Waals surface area (Å²) in [6, 6.07) is 10.3. The van der Waals surface area contributed by atoms with Crippen LogP contribution in [0.1, 0.15) is 12.5 Å². The number of hydrogen-bond donors (Lipinski definition) is 0. The van der Waals surface area contributed by atoms with Gasteiger partial charge in [-0.3, -0.25) is 0 Å². The number of hydrogen-bond acceptors (Lipinski definition) is 0. The van der Waals surface area contributed by atoms with Crippen LogP contribution in [0.2, 0.25) is 0 Å². The lowest BCUT2D eigenvalue weighted by atomic mass is 10.2. The summed E-state index contributed by atoms with van der Waals surface area (Å²) >= 11 is 0. The van der Waals surface area contributed by atoms with Crippen molar-refractivity contribution in [2.24, 2.45) is 0 Å². The molecule has 0 nitrogen and oxygen atoms in total. The molecular formula is C14H18. The van der Waals surface area contributed by atoms with Gasteiger partial charge < -0.3 is 0 Å². The van der Waals surface area contributed by atoms with Gasteiger partial charge in [-0.2, -0.15) is 0 Å². The minimum absolute atomic E-state index is 0.973. The van der Waals surface area contributed by atoms with E-state index in [0.717, 1.165) is 6.42 Å². The molecule has 0 bridgehead atoms. The molecule has 0 aromatic heterocycles. The molecule has 14 heavy (non-hydrogen) atoms. The summed E-state index contributed by atoms with van der Waals surface area (Å²) in [5.41, 5.74) is 1.33. The summed E-state index contributed by atoms with van der Waals surface area (Å²) in [6.45, 7) is 9.08. The average Bonchev–Trinajstić information content (AvgIpc) is 2.22. The Labute approximate surface area is 87.3 Å². The van der Waals surface area contributed by atoms with Crippen molar-refractivity contribution < 1.29 is 0 Å². The molecule has 0 N–H and O–H groups in total. The van der Waals surface area contributed by atoms with Crippen LogP contribution < -0.4 is 0 Å². The maximum atomic E-state index is 3.66. The fraction of sp³-hybridized carbons (Fsp3) is 0.143. The van der Waals surface area contributed by atoms with Crippen molar-refractivity contribution >= 4 is 0 Å². The van der Waals surface area contributed by atoms with Gasteiger partial charge in [0.2, 0.25) is 0 Å². The number of benzene rings is 1. The zero-order chi connectivity index (χ0) is 10.6. The van der Waals surface area contributed by atoms with Crippen LogP contribution in [0.4, 0.5) is 0 Å². The first-order valence-corrected chi connectivity index (χ1v) is 4.73. The van der Waals surface area contributed by atoms with E-state index in [9.17, 15) is 0 Å². The van der Waals surface area contributed by atoms with E-state index >= 15 is 0 Å². The van der Waals surface area contributed by atoms with Crippen molar-refractivity contribution in [3.05, 3.63) is 73.4 Å². The molecule has 0 aliphatic rings. The second-order valence-electron chi connectivity index (χ2n) is 2.74. The van der Waals surface area contributed by atoms with Crippen LogP contribution in [-0.2, 0) is 6.42 Å². The first-order valence-electron chi connectivity index (χ1n) is 4.73. The molecule has 0 unspecified atom stereocenters. The summed E-state index contributed by atoms with van der Waals surface area (Å²) in [4.78, 5) is 0. The summed E-state index contributed by atoms with van der Waals surface area (Å²) < 4.78 is 0. The molecule has 0 saturated carbocycles. The third kappa shape index (κ3) is 7.11. The largest absolute Gasteiger partial charge is 0.103 e. The molecule has 0 aliphatic heterocycles. The van der Waals surface area contributed by atoms with E-state index in [1.54, 1.807) is 6.08 Å². The van der Waals surface area contributed by atoms with Gasteiger partial charge >= 0.3 is 0 Å². The highest BCUT2D eigenvalue weighted by Gasteiger charge is 1.82. The summed E-state index contributed by atoms with van der Waals surface area (Å²) in [6.07, 6.45) is 8.46. The van der Waals surface area contributed by atoms with Crippen molar-refractivity contribution in [3.63, 3.8) is 0 Å². The zero-order valence-electron chi connectivity index (χ0n) is 8.82. The molecular weight excluding hydrogens is 168 g/mol. The highest BCUT2D eigenvalue weighted by molar-refractivity contribution is 5.16. The lowest BCUT2D eigenvalue weighted by Crippen LogP contribution is -1.75. The molecule has 1 aromatic carbocycles. The Morgan fingerprint density at radius 1 is 1.14 bits per heavy atom. The summed E-state index contributed by atoms with van der Waals surface area (Å²) in [7, 11) is 0. The molecule has 0 atom stereocenters. The van der Waals surface area contributed by atoms with Crippen LogP contribution in [-0.4, -0.2) is 0 Å². The van der Waals surface area contributed by atoms with E-state index in [0.29, 0.717) is 0 Å². The minimum atomic E-state index is 0.973. The fourth-order valence-electron chi connectivity index (χ4n) is 0.917. The van der Waals surface area contributed by atoms with Gasteiger partial charge in [0, 0.05) is 0 Å². The Morgan fingerprint density at radius 2 is 1.79 bits per heavy atom. The zero-order valence-corrected chi connectivity index (χ0v) is 8.82. The van der Waals surface area contributed by atoms with E-state index in [1.807, 2.05) is 43.4 Å². The highest BCUT2D eigenvalue weighted by Crippen LogP contribution is 1.98. The van der Waals surface area contributed by atoms with Crippen LogP contribution in [0.15, 0.2) is 67.8 Å². The smallest absolute Gasteiger partial charge is 0.0100 e. The van der Waals surface area contributed by atoms with E-state index < -0.39 is 0 Å². The minimum Gasteiger partial charge on any atom is -0.103 e. The van der Waals surface area contributed by atoms with Crippen molar-refractivity contribution in [1.29, 1.82) is 0 Å². The number of allylic oxidation sites excluding steroid dienone is 4. The molecule has 0 radical (unpaired) electrons. The van der Waals surface area contributed by atoms with Crippen LogP contribution in [0, 0.1) is 0 Å². The SMILES string of the molecule is C=CC=CC.C=CCc1ccccc1. The first-order chi connectivity index (χ1) is 6.85. The predicted molar refractivity (Wildman–Crippen MR) is 65.4 cm³/mol. The third-order valence-corrected chi connectivity index (χ3v) is 1.55. The molecule has 74 valence electrons. The van der Waals surface area contributed by atoms with Gasteiger partial charge in [0.05, 0.1) is 0 Å². The molecule has 0 amide bonds. The molecule has 0 fully saturated rings. The standard InChI is InChI=1S/C9H10.C5H8/c1-2-6-9-7-4-3-5-8-9;1-3-5-4-2/h2-5,7-8H,1,6H2;3-5H,1H2,2H3. The predicted octanol–water partition coefficient (Wildman–Crippen LogP) is 4.16. The van der Waals surface area contributed by atoms with Gasteiger partial charge in [0.15, 0.2) is 0 Å². The van der Waals surface area contributed by atoms with Gasteiger partial charge in [0.25, 0.3) is 0 Å². The Balaban J connectivity index is 0.000000292. The fourth-order valence-corrected chi connectivity index (χ4v) is 0.917. The van der Waals surface area contributed by atoms with Crippen molar-refractivity contribution in [2.75, 3.05) is 0 Å². The second kappa shape index (κ2) is 9.53. The van der Waals surface area contributed by atoms with Crippen molar-refractivity contribution in [2.45, 2.75) is 13.3 Å². The lowest BCUT2D eigenvalue weighted by molar-refractivity contribution is 1.28. The van der Waals surface area contributed by atoms with Gasteiger partial charge in [-0.05, 0) is 18.9 Å². The van der Waals surface area contributed by atoms with E-state index in [-0.39, 0.29) is 0 Å². The maximum Gasteiger partial charge on any atom is -0.0100 e. The van der Waals surface area contributed by atoms with Gasteiger partial charge in [-0.15, -0.1) is 6.58 Å². The topological polar surface area (TPSA) is 0 Å². The van der Waals surface area contributed by atoms with E-state index in [1.165, 1.54) is 5.56 Å². The second-order valence-corrected chi connectivity index (χ2v) is 2.74. The van der Waals surface area contributed by atoms with Gasteiger partial charge in [-0.1, -0.05) is 61.2 Å². The Morgan fingerprint density at radius 3 is 2.14 bits per heavy atom. The van der Waals surface area contributed by atoms with Gasteiger partial charge in [0.1, 0.15) is 0 Å². The molecule has 1 aromatic rings. The van der Waals surface area contributed by atoms with Crippen molar-refractivity contribution in [3.8, 4) is 0 Å². The van der Waals surface area contributed by atoms with E-state index in [2.05, 4.69) is 25.3 Å². The average molecular weight is 186 g/mol. The van der Waals surface area contributed by atoms with Crippen LogP contribution in [0.5, 0.6) is 0 Å². The third-order valence-electron chi connectivity index (χ3n) is 1.55. The van der Waals surface area contributed by atoms with Crippen molar-refractivity contribution in [1.82, 2.24) is 0 Å². The van der Waals surface area contributed by atoms with Crippen LogP contribution >= 0.6 is 0 Å². The molecule has 0 heteroatoms. The molecule has 0 aliphatic carbocycles. The molecule has 0 spiro atoms. The Bertz CT molecular complexity index is 267. The van der Waals surface area contributed by atoms with Crippen LogP contribution in [0.3, 0.4) is 0 Å². The highest BCUT2D eigenvalue weighted by atomic mass is 13.9. The first kappa shape index (κ1) is 12.4. The Hall–Kier alpha value is -1.56. The molecule has 0 saturated heterocycles.